The fraction of sp³-hybridized carbons (Fsp3) is 0.300. The van der Waals surface area contributed by atoms with E-state index in [0.717, 1.165) is 5.75 Å². The second kappa shape index (κ2) is 7.83. The van der Waals surface area contributed by atoms with Gasteiger partial charge >= 0.3 is 5.97 Å². The molecule has 0 unspecified atom stereocenters. The molecule has 2 aromatic rings. The molecule has 2 aromatic carbocycles. The lowest BCUT2D eigenvalue weighted by Crippen LogP contribution is -2.40. The van der Waals surface area contributed by atoms with E-state index in [1.165, 1.54) is 7.11 Å². The first-order valence-corrected chi connectivity index (χ1v) is 8.37. The van der Waals surface area contributed by atoms with E-state index in [9.17, 15) is 9.59 Å². The van der Waals surface area contributed by atoms with Crippen LogP contribution in [0.15, 0.2) is 54.6 Å². The molecule has 25 heavy (non-hydrogen) atoms. The highest BCUT2D eigenvalue weighted by molar-refractivity contribution is 5.94. The minimum Gasteiger partial charge on any atom is -0.469 e. The van der Waals surface area contributed by atoms with Gasteiger partial charge in [-0.25, -0.2) is 0 Å². The molecular formula is C20H21NO4. The molecule has 1 amide bonds. The first kappa shape index (κ1) is 17.0. The molecule has 0 spiro atoms. The lowest BCUT2D eigenvalue weighted by molar-refractivity contribution is -0.146. The van der Waals surface area contributed by atoms with Crippen LogP contribution < -0.4 is 4.74 Å². The Hall–Kier alpha value is -2.82. The monoisotopic (exact) mass is 339 g/mol. The van der Waals surface area contributed by atoms with E-state index in [0.29, 0.717) is 37.2 Å². The molecule has 5 heteroatoms. The molecule has 1 saturated heterocycles. The van der Waals surface area contributed by atoms with Gasteiger partial charge < -0.3 is 14.4 Å². The number of amides is 1. The van der Waals surface area contributed by atoms with Crippen molar-refractivity contribution in [3.8, 4) is 11.5 Å². The zero-order chi connectivity index (χ0) is 17.6. The fourth-order valence-electron chi connectivity index (χ4n) is 2.98. The van der Waals surface area contributed by atoms with Crippen LogP contribution >= 0.6 is 0 Å². The smallest absolute Gasteiger partial charge is 0.308 e. The second-order valence-corrected chi connectivity index (χ2v) is 6.03. The molecule has 0 atom stereocenters. The average molecular weight is 339 g/mol. The molecule has 5 nitrogen and oxygen atoms in total. The molecule has 1 aliphatic heterocycles. The average Bonchev–Trinajstić information content (AvgIpc) is 2.68. The molecule has 0 N–H and O–H groups in total. The number of rotatable bonds is 4. The van der Waals surface area contributed by atoms with Gasteiger partial charge in [0.05, 0.1) is 13.0 Å². The third-order valence-corrected chi connectivity index (χ3v) is 4.38. The molecular weight excluding hydrogens is 318 g/mol. The highest BCUT2D eigenvalue weighted by Gasteiger charge is 2.28. The Morgan fingerprint density at radius 1 is 0.960 bits per heavy atom. The van der Waals surface area contributed by atoms with Crippen LogP contribution in [-0.4, -0.2) is 37.0 Å². The van der Waals surface area contributed by atoms with E-state index in [1.807, 2.05) is 42.5 Å². The minimum absolute atomic E-state index is 0.0400. The number of ether oxygens (including phenoxy) is 2. The summed E-state index contributed by atoms with van der Waals surface area (Å²) in [6.07, 6.45) is 1.28. The van der Waals surface area contributed by atoms with Crippen molar-refractivity contribution in [2.24, 2.45) is 5.92 Å². The van der Waals surface area contributed by atoms with E-state index < -0.39 is 0 Å². The molecule has 0 bridgehead atoms. The van der Waals surface area contributed by atoms with Crippen molar-refractivity contribution in [3.63, 3.8) is 0 Å². The number of carbonyl (C=O) groups is 2. The van der Waals surface area contributed by atoms with Crippen LogP contribution in [0.5, 0.6) is 11.5 Å². The number of esters is 1. The molecule has 130 valence electrons. The maximum Gasteiger partial charge on any atom is 0.308 e. The number of hydrogen-bond acceptors (Lipinski definition) is 4. The van der Waals surface area contributed by atoms with Crippen LogP contribution in [0.4, 0.5) is 0 Å². The summed E-state index contributed by atoms with van der Waals surface area (Å²) in [7, 11) is 1.40. The normalized spacial score (nSPS) is 14.8. The van der Waals surface area contributed by atoms with Gasteiger partial charge in [0, 0.05) is 18.7 Å². The zero-order valence-corrected chi connectivity index (χ0v) is 14.2. The number of nitrogens with zero attached hydrogens (tertiary/aromatic N) is 1. The topological polar surface area (TPSA) is 55.8 Å². The standard InChI is InChI=1S/C20H21NO4/c1-24-20(23)15-10-12-21(13-11-15)19(22)16-6-5-9-18(14-16)25-17-7-3-2-4-8-17/h2-9,14-15H,10-13H2,1H3. The number of para-hydroxylation sites is 1. The highest BCUT2D eigenvalue weighted by atomic mass is 16.5. The summed E-state index contributed by atoms with van der Waals surface area (Å²) in [5.74, 6) is 1.02. The summed E-state index contributed by atoms with van der Waals surface area (Å²) in [6, 6.07) is 16.6. The summed E-state index contributed by atoms with van der Waals surface area (Å²) in [4.78, 5) is 26.1. The summed E-state index contributed by atoms with van der Waals surface area (Å²) in [5, 5.41) is 0. The summed E-state index contributed by atoms with van der Waals surface area (Å²) >= 11 is 0. The Labute approximate surface area is 147 Å². The molecule has 1 heterocycles. The van der Waals surface area contributed by atoms with Crippen LogP contribution in [0.1, 0.15) is 23.2 Å². The van der Waals surface area contributed by atoms with Gasteiger partial charge in [-0.1, -0.05) is 24.3 Å². The predicted octanol–water partition coefficient (Wildman–Crippen LogP) is 3.50. The number of carbonyl (C=O) groups excluding carboxylic acids is 2. The SMILES string of the molecule is COC(=O)C1CCN(C(=O)c2cccc(Oc3ccccc3)c2)CC1. The van der Waals surface area contributed by atoms with Gasteiger partial charge in [0.1, 0.15) is 11.5 Å². The molecule has 1 aliphatic rings. The number of piperidine rings is 1. The summed E-state index contributed by atoms with van der Waals surface area (Å²) in [5.41, 5.74) is 0.588. The Bertz CT molecular complexity index is 736. The number of likely N-dealkylation sites (tertiary alicyclic amines) is 1. The van der Waals surface area contributed by atoms with Gasteiger partial charge in [-0.15, -0.1) is 0 Å². The molecule has 3 rings (SSSR count). The van der Waals surface area contributed by atoms with Crippen molar-refractivity contribution in [2.75, 3.05) is 20.2 Å². The quantitative estimate of drug-likeness (QED) is 0.800. The highest BCUT2D eigenvalue weighted by Crippen LogP contribution is 2.24. The molecule has 0 radical (unpaired) electrons. The molecule has 0 aromatic heterocycles. The van der Waals surface area contributed by atoms with Gasteiger partial charge in [-0.05, 0) is 43.2 Å². The largest absolute Gasteiger partial charge is 0.469 e. The van der Waals surface area contributed by atoms with Gasteiger partial charge in [-0.3, -0.25) is 9.59 Å². The van der Waals surface area contributed by atoms with Crippen molar-refractivity contribution >= 4 is 11.9 Å². The molecule has 0 saturated carbocycles. The van der Waals surface area contributed by atoms with Crippen LogP contribution in [0.3, 0.4) is 0 Å². The van der Waals surface area contributed by atoms with E-state index >= 15 is 0 Å². The summed E-state index contributed by atoms with van der Waals surface area (Å²) < 4.78 is 10.6. The van der Waals surface area contributed by atoms with Crippen molar-refractivity contribution < 1.29 is 19.1 Å². The summed E-state index contributed by atoms with van der Waals surface area (Å²) in [6.45, 7) is 1.12. The Morgan fingerprint density at radius 3 is 2.32 bits per heavy atom. The van der Waals surface area contributed by atoms with Crippen molar-refractivity contribution in [3.05, 3.63) is 60.2 Å². The van der Waals surface area contributed by atoms with Crippen LogP contribution in [-0.2, 0) is 9.53 Å². The Kier molecular flexibility index (Phi) is 5.33. The Balaban J connectivity index is 1.65. The van der Waals surface area contributed by atoms with E-state index in [2.05, 4.69) is 0 Å². The van der Waals surface area contributed by atoms with Crippen LogP contribution in [0, 0.1) is 5.92 Å². The van der Waals surface area contributed by atoms with Gasteiger partial charge in [0.25, 0.3) is 5.91 Å². The number of benzene rings is 2. The van der Waals surface area contributed by atoms with E-state index in [1.54, 1.807) is 17.0 Å². The van der Waals surface area contributed by atoms with Crippen LogP contribution in [0.25, 0.3) is 0 Å². The second-order valence-electron chi connectivity index (χ2n) is 6.03. The first-order chi connectivity index (χ1) is 12.2. The third kappa shape index (κ3) is 4.18. The zero-order valence-electron chi connectivity index (χ0n) is 14.2. The lowest BCUT2D eigenvalue weighted by atomic mass is 9.96. The van der Waals surface area contributed by atoms with Crippen LogP contribution in [0.2, 0.25) is 0 Å². The number of methoxy groups -OCH3 is 1. The van der Waals surface area contributed by atoms with Crippen molar-refractivity contribution in [1.29, 1.82) is 0 Å². The van der Waals surface area contributed by atoms with Crippen molar-refractivity contribution in [1.82, 2.24) is 4.90 Å². The molecule has 0 aliphatic carbocycles. The molecule has 1 fully saturated rings. The minimum atomic E-state index is -0.189. The van der Waals surface area contributed by atoms with E-state index in [4.69, 9.17) is 9.47 Å². The predicted molar refractivity (Wildman–Crippen MR) is 93.6 cm³/mol. The fourth-order valence-corrected chi connectivity index (χ4v) is 2.98. The Morgan fingerprint density at radius 2 is 1.64 bits per heavy atom. The lowest BCUT2D eigenvalue weighted by Gasteiger charge is -2.30. The first-order valence-electron chi connectivity index (χ1n) is 8.37. The van der Waals surface area contributed by atoms with E-state index in [-0.39, 0.29) is 17.8 Å². The van der Waals surface area contributed by atoms with Gasteiger partial charge in [0.15, 0.2) is 0 Å². The third-order valence-electron chi connectivity index (χ3n) is 4.38. The van der Waals surface area contributed by atoms with Crippen molar-refractivity contribution in [2.45, 2.75) is 12.8 Å². The van der Waals surface area contributed by atoms with Gasteiger partial charge in [0.2, 0.25) is 0 Å². The van der Waals surface area contributed by atoms with Gasteiger partial charge in [-0.2, -0.15) is 0 Å². The number of hydrogen-bond donors (Lipinski definition) is 0. The maximum atomic E-state index is 12.7. The maximum absolute atomic E-state index is 12.7.